The highest BCUT2D eigenvalue weighted by Gasteiger charge is 2.41. The predicted octanol–water partition coefficient (Wildman–Crippen LogP) is 2.99. The molecule has 2 aromatic carbocycles. The third-order valence-electron chi connectivity index (χ3n) is 5.10. The Labute approximate surface area is 188 Å². The highest BCUT2D eigenvalue weighted by atomic mass is 32.2. The Morgan fingerprint density at radius 2 is 1.85 bits per heavy atom. The van der Waals surface area contributed by atoms with Crippen LogP contribution in [0.5, 0.6) is 0 Å². The van der Waals surface area contributed by atoms with E-state index in [1.165, 1.54) is 0 Å². The molecule has 0 aliphatic carbocycles. The van der Waals surface area contributed by atoms with Gasteiger partial charge in [-0.3, -0.25) is 4.79 Å². The normalized spacial score (nSPS) is 19.2. The van der Waals surface area contributed by atoms with Gasteiger partial charge >= 0.3 is 0 Å². The lowest BCUT2D eigenvalue weighted by atomic mass is 10.1. The Balaban J connectivity index is 2.00. The fraction of sp³-hybridized carbons (Fsp3) is 0.381. The van der Waals surface area contributed by atoms with E-state index in [1.807, 2.05) is 0 Å². The summed E-state index contributed by atoms with van der Waals surface area (Å²) in [6.45, 7) is 1.57. The van der Waals surface area contributed by atoms with Crippen LogP contribution in [-0.4, -0.2) is 55.1 Å². The van der Waals surface area contributed by atoms with E-state index in [2.05, 4.69) is 5.32 Å². The number of rotatable bonds is 5. The molecule has 1 saturated heterocycles. The fourth-order valence-electron chi connectivity index (χ4n) is 3.43. The number of β-amino-alcohol motifs (C(OH)–C–C–N with tert-alkyl or cyclic N) is 1. The van der Waals surface area contributed by atoms with Crippen LogP contribution in [0.2, 0.25) is 0 Å². The first-order chi connectivity index (χ1) is 15.4. The maximum Gasteiger partial charge on any atom is 0.255 e. The van der Waals surface area contributed by atoms with Crippen molar-refractivity contribution >= 4 is 21.6 Å². The number of aliphatic hydroxyl groups excluding tert-OH is 1. The van der Waals surface area contributed by atoms with E-state index in [0.29, 0.717) is 12.1 Å². The Hall–Kier alpha value is -2.54. The van der Waals surface area contributed by atoms with Crippen LogP contribution in [0.25, 0.3) is 0 Å². The van der Waals surface area contributed by atoms with Crippen LogP contribution in [0.4, 0.5) is 23.2 Å². The van der Waals surface area contributed by atoms with Gasteiger partial charge in [0.05, 0.1) is 29.8 Å². The number of halogens is 4. The first-order valence-electron chi connectivity index (χ1n) is 9.80. The molecule has 1 amide bonds. The van der Waals surface area contributed by atoms with Crippen molar-refractivity contribution in [2.75, 3.05) is 25.1 Å². The number of hydrogen-bond donors (Lipinski definition) is 2. The minimum absolute atomic E-state index is 0.0316. The van der Waals surface area contributed by atoms with Gasteiger partial charge in [0.2, 0.25) is 10.0 Å². The summed E-state index contributed by atoms with van der Waals surface area (Å²) in [5.74, 6) is -5.71. The summed E-state index contributed by atoms with van der Waals surface area (Å²) in [5.41, 5.74) is -1.96. The van der Waals surface area contributed by atoms with Crippen molar-refractivity contribution in [3.8, 4) is 0 Å². The van der Waals surface area contributed by atoms with Crippen molar-refractivity contribution in [3.63, 3.8) is 0 Å². The van der Waals surface area contributed by atoms with Crippen LogP contribution in [0, 0.1) is 17.5 Å². The first-order valence-corrected chi connectivity index (χ1v) is 11.2. The maximum atomic E-state index is 13.7. The smallest absolute Gasteiger partial charge is 0.255 e. The lowest BCUT2D eigenvalue weighted by Gasteiger charge is -2.35. The molecule has 1 aliphatic heterocycles. The van der Waals surface area contributed by atoms with Gasteiger partial charge in [-0.25, -0.2) is 26.0 Å². The lowest BCUT2D eigenvalue weighted by Crippen LogP contribution is -2.51. The van der Waals surface area contributed by atoms with E-state index in [0.717, 1.165) is 22.5 Å². The van der Waals surface area contributed by atoms with Crippen molar-refractivity contribution in [2.24, 2.45) is 0 Å². The SMILES string of the molecule is CC1(C)COCC(O)CN1S(=O)(=O)c1cc(C(=O)Nc2cc(F)c(F)c(F)c2)ccc1CF. The van der Waals surface area contributed by atoms with E-state index in [9.17, 15) is 35.9 Å². The van der Waals surface area contributed by atoms with Gasteiger partial charge in [0.25, 0.3) is 5.91 Å². The number of nitrogens with zero attached hydrogens (tertiary/aromatic N) is 1. The average molecular weight is 490 g/mol. The molecule has 7 nitrogen and oxygen atoms in total. The maximum absolute atomic E-state index is 13.7. The molecule has 0 spiro atoms. The number of alkyl halides is 1. The minimum atomic E-state index is -4.41. The summed E-state index contributed by atoms with van der Waals surface area (Å²) in [7, 11) is -4.41. The van der Waals surface area contributed by atoms with Gasteiger partial charge in [0.1, 0.15) is 6.67 Å². The second-order valence-corrected chi connectivity index (χ2v) is 10.0. The van der Waals surface area contributed by atoms with Gasteiger partial charge < -0.3 is 15.2 Å². The van der Waals surface area contributed by atoms with Crippen molar-refractivity contribution in [2.45, 2.75) is 37.1 Å². The summed E-state index contributed by atoms with van der Waals surface area (Å²) < 4.78 is 86.9. The average Bonchev–Trinajstić information content (AvgIpc) is 2.88. The van der Waals surface area contributed by atoms with E-state index in [-0.39, 0.29) is 30.9 Å². The second kappa shape index (κ2) is 9.37. The molecule has 1 atom stereocenters. The minimum Gasteiger partial charge on any atom is -0.389 e. The van der Waals surface area contributed by atoms with Crippen molar-refractivity contribution in [1.29, 1.82) is 0 Å². The number of amides is 1. The zero-order chi connectivity index (χ0) is 24.6. The van der Waals surface area contributed by atoms with Gasteiger partial charge in [0, 0.05) is 35.5 Å². The molecule has 12 heteroatoms. The van der Waals surface area contributed by atoms with E-state index < -0.39 is 62.3 Å². The Bertz CT molecular complexity index is 1150. The monoisotopic (exact) mass is 490 g/mol. The largest absolute Gasteiger partial charge is 0.389 e. The van der Waals surface area contributed by atoms with Crippen LogP contribution in [-0.2, 0) is 21.4 Å². The fourth-order valence-corrected chi connectivity index (χ4v) is 5.47. The number of benzene rings is 2. The van der Waals surface area contributed by atoms with Crippen LogP contribution in [0.3, 0.4) is 0 Å². The topological polar surface area (TPSA) is 95.9 Å². The van der Waals surface area contributed by atoms with Crippen LogP contribution in [0.15, 0.2) is 35.2 Å². The van der Waals surface area contributed by atoms with Gasteiger partial charge in [-0.1, -0.05) is 6.07 Å². The molecule has 1 heterocycles. The molecule has 0 aromatic heterocycles. The molecule has 1 unspecified atom stereocenters. The van der Waals surface area contributed by atoms with E-state index in [4.69, 9.17) is 4.74 Å². The number of hydrogen-bond acceptors (Lipinski definition) is 5. The number of ether oxygens (including phenoxy) is 1. The summed E-state index contributed by atoms with van der Waals surface area (Å²) in [4.78, 5) is 12.1. The van der Waals surface area contributed by atoms with Crippen LogP contribution < -0.4 is 5.32 Å². The van der Waals surface area contributed by atoms with Gasteiger partial charge in [-0.15, -0.1) is 0 Å². The summed E-state index contributed by atoms with van der Waals surface area (Å²) >= 11 is 0. The molecule has 3 rings (SSSR count). The molecule has 1 aliphatic rings. The van der Waals surface area contributed by atoms with Gasteiger partial charge in [-0.2, -0.15) is 4.31 Å². The number of anilines is 1. The molecular formula is C21H22F4N2O5S. The Kier molecular flexibility index (Phi) is 7.13. The molecule has 2 aromatic rings. The van der Waals surface area contributed by atoms with E-state index >= 15 is 0 Å². The number of nitrogens with one attached hydrogen (secondary N) is 1. The second-order valence-electron chi connectivity index (χ2n) is 8.18. The third-order valence-corrected chi connectivity index (χ3v) is 7.26. The molecule has 33 heavy (non-hydrogen) atoms. The molecular weight excluding hydrogens is 468 g/mol. The van der Waals surface area contributed by atoms with Crippen molar-refractivity contribution in [1.82, 2.24) is 4.31 Å². The predicted molar refractivity (Wildman–Crippen MR) is 110 cm³/mol. The zero-order valence-electron chi connectivity index (χ0n) is 17.7. The molecule has 0 saturated carbocycles. The number of carbonyl (C=O) groups excluding carboxylic acids is 1. The number of carbonyl (C=O) groups is 1. The highest BCUT2D eigenvalue weighted by Crippen LogP contribution is 2.30. The van der Waals surface area contributed by atoms with Gasteiger partial charge in [-0.05, 0) is 26.0 Å². The zero-order valence-corrected chi connectivity index (χ0v) is 18.6. The van der Waals surface area contributed by atoms with Gasteiger partial charge in [0.15, 0.2) is 17.5 Å². The molecule has 180 valence electrons. The Morgan fingerprint density at radius 1 is 1.21 bits per heavy atom. The molecule has 0 radical (unpaired) electrons. The summed E-state index contributed by atoms with van der Waals surface area (Å²) in [6, 6.07) is 4.30. The van der Waals surface area contributed by atoms with Crippen LogP contribution in [0.1, 0.15) is 29.8 Å². The molecule has 0 bridgehead atoms. The standard InChI is InChI=1S/C21H22F4N2O5S/c1-21(2)11-32-10-15(28)9-27(21)33(30,31)18-5-12(3-4-13(18)8-22)20(29)26-14-6-16(23)19(25)17(24)7-14/h3-7,15,28H,8-11H2,1-2H3,(H,26,29). The van der Waals surface area contributed by atoms with Crippen LogP contribution >= 0.6 is 0 Å². The van der Waals surface area contributed by atoms with Crippen molar-refractivity contribution in [3.05, 3.63) is 58.9 Å². The number of aliphatic hydroxyl groups is 1. The first kappa shape index (κ1) is 25.1. The molecule has 2 N–H and O–H groups in total. The van der Waals surface area contributed by atoms with E-state index in [1.54, 1.807) is 13.8 Å². The summed E-state index contributed by atoms with van der Waals surface area (Å²) in [6.07, 6.45) is -1.12. The quantitative estimate of drug-likeness (QED) is 0.496. The summed E-state index contributed by atoms with van der Waals surface area (Å²) in [5, 5.41) is 12.2. The number of sulfonamides is 1. The Morgan fingerprint density at radius 3 is 2.45 bits per heavy atom. The highest BCUT2D eigenvalue weighted by molar-refractivity contribution is 7.89. The van der Waals surface area contributed by atoms with Crippen molar-refractivity contribution < 1.29 is 40.6 Å². The third kappa shape index (κ3) is 5.18. The lowest BCUT2D eigenvalue weighted by molar-refractivity contribution is 0.0461. The molecule has 1 fully saturated rings.